The number of carbonyl (C=O) groups excluding carboxylic acids is 2. The molecule has 0 aromatic heterocycles. The number of nitrogens with zero attached hydrogens (tertiary/aromatic N) is 1. The highest BCUT2D eigenvalue weighted by atomic mass is 16.5. The first-order valence-corrected chi connectivity index (χ1v) is 9.06. The molecule has 5 heteroatoms. The van der Waals surface area contributed by atoms with Crippen LogP contribution >= 0.6 is 0 Å². The van der Waals surface area contributed by atoms with Crippen molar-refractivity contribution in [1.29, 1.82) is 0 Å². The molecule has 2 aromatic carbocycles. The molecule has 1 heterocycles. The standard InChI is InChI=1S/C21H24N2O3/c1-16(21(25)23-13-6-3-7-14-23)22-20(24)17-9-8-12-19(15-17)26-18-10-4-2-5-11-18/h2,4-5,8-12,15-16H,3,6-7,13-14H2,1H3,(H,22,24). The van der Waals surface area contributed by atoms with E-state index in [1.54, 1.807) is 31.2 Å². The van der Waals surface area contributed by atoms with Crippen LogP contribution in [0.1, 0.15) is 36.5 Å². The van der Waals surface area contributed by atoms with Crippen LogP contribution in [-0.2, 0) is 4.79 Å². The molecule has 2 aromatic rings. The molecule has 2 amide bonds. The lowest BCUT2D eigenvalue weighted by atomic mass is 10.1. The Hall–Kier alpha value is -2.82. The van der Waals surface area contributed by atoms with Crippen LogP contribution in [0.2, 0.25) is 0 Å². The highest BCUT2D eigenvalue weighted by Gasteiger charge is 2.23. The Morgan fingerprint density at radius 1 is 0.962 bits per heavy atom. The molecule has 0 saturated carbocycles. The average Bonchev–Trinajstić information content (AvgIpc) is 2.69. The van der Waals surface area contributed by atoms with Crippen LogP contribution in [0, 0.1) is 0 Å². The highest BCUT2D eigenvalue weighted by Crippen LogP contribution is 2.22. The van der Waals surface area contributed by atoms with E-state index in [2.05, 4.69) is 5.32 Å². The Labute approximate surface area is 154 Å². The van der Waals surface area contributed by atoms with Gasteiger partial charge in [-0.2, -0.15) is 0 Å². The van der Waals surface area contributed by atoms with Gasteiger partial charge in [-0.3, -0.25) is 9.59 Å². The smallest absolute Gasteiger partial charge is 0.252 e. The molecule has 0 spiro atoms. The van der Waals surface area contributed by atoms with Crippen molar-refractivity contribution < 1.29 is 14.3 Å². The van der Waals surface area contributed by atoms with E-state index in [4.69, 9.17) is 4.74 Å². The highest BCUT2D eigenvalue weighted by molar-refractivity contribution is 5.97. The van der Waals surface area contributed by atoms with E-state index in [0.717, 1.165) is 25.9 Å². The quantitative estimate of drug-likeness (QED) is 0.894. The third-order valence-electron chi connectivity index (χ3n) is 4.46. The number of ether oxygens (including phenoxy) is 1. The van der Waals surface area contributed by atoms with Gasteiger partial charge in [0.05, 0.1) is 0 Å². The molecule has 0 aliphatic carbocycles. The molecule has 1 aliphatic rings. The maximum atomic E-state index is 12.5. The molecule has 3 rings (SSSR count). The molecule has 1 atom stereocenters. The van der Waals surface area contributed by atoms with Crippen LogP contribution in [-0.4, -0.2) is 35.8 Å². The summed E-state index contributed by atoms with van der Waals surface area (Å²) < 4.78 is 5.76. The summed E-state index contributed by atoms with van der Waals surface area (Å²) in [4.78, 5) is 26.8. The summed E-state index contributed by atoms with van der Waals surface area (Å²) in [5.41, 5.74) is 0.469. The van der Waals surface area contributed by atoms with Crippen molar-refractivity contribution in [3.05, 3.63) is 60.2 Å². The summed E-state index contributed by atoms with van der Waals surface area (Å²) in [6, 6.07) is 15.8. The molecule has 0 radical (unpaired) electrons. The lowest BCUT2D eigenvalue weighted by Gasteiger charge is -2.29. The molecule has 1 fully saturated rings. The van der Waals surface area contributed by atoms with Gasteiger partial charge in [0.2, 0.25) is 5.91 Å². The van der Waals surface area contributed by atoms with E-state index in [1.807, 2.05) is 35.2 Å². The van der Waals surface area contributed by atoms with Crippen LogP contribution in [0.3, 0.4) is 0 Å². The topological polar surface area (TPSA) is 58.6 Å². The van der Waals surface area contributed by atoms with Gasteiger partial charge in [0.1, 0.15) is 17.5 Å². The molecule has 1 aliphatic heterocycles. The number of hydrogen-bond donors (Lipinski definition) is 1. The number of para-hydroxylation sites is 1. The maximum absolute atomic E-state index is 12.5. The Bertz CT molecular complexity index is 755. The number of carbonyl (C=O) groups is 2. The van der Waals surface area contributed by atoms with Crippen molar-refractivity contribution in [1.82, 2.24) is 10.2 Å². The third-order valence-corrected chi connectivity index (χ3v) is 4.46. The van der Waals surface area contributed by atoms with Crippen molar-refractivity contribution in [2.45, 2.75) is 32.2 Å². The molecular weight excluding hydrogens is 328 g/mol. The zero-order valence-electron chi connectivity index (χ0n) is 15.0. The Morgan fingerprint density at radius 2 is 1.65 bits per heavy atom. The maximum Gasteiger partial charge on any atom is 0.252 e. The van der Waals surface area contributed by atoms with E-state index < -0.39 is 6.04 Å². The molecule has 1 N–H and O–H groups in total. The number of piperidine rings is 1. The third kappa shape index (κ3) is 4.63. The lowest BCUT2D eigenvalue weighted by Crippen LogP contribution is -2.48. The van der Waals surface area contributed by atoms with E-state index in [-0.39, 0.29) is 11.8 Å². The van der Waals surface area contributed by atoms with E-state index >= 15 is 0 Å². The fourth-order valence-corrected chi connectivity index (χ4v) is 3.06. The summed E-state index contributed by atoms with van der Waals surface area (Å²) in [5.74, 6) is 0.994. The summed E-state index contributed by atoms with van der Waals surface area (Å²) >= 11 is 0. The molecule has 5 nitrogen and oxygen atoms in total. The van der Waals surface area contributed by atoms with Gasteiger partial charge in [0.15, 0.2) is 0 Å². The van der Waals surface area contributed by atoms with Crippen molar-refractivity contribution >= 4 is 11.8 Å². The van der Waals surface area contributed by atoms with Gasteiger partial charge in [-0.25, -0.2) is 0 Å². The van der Waals surface area contributed by atoms with Crippen LogP contribution in [0.5, 0.6) is 11.5 Å². The minimum Gasteiger partial charge on any atom is -0.457 e. The molecule has 26 heavy (non-hydrogen) atoms. The van der Waals surface area contributed by atoms with Gasteiger partial charge >= 0.3 is 0 Å². The van der Waals surface area contributed by atoms with E-state index in [0.29, 0.717) is 17.1 Å². The Kier molecular flexibility index (Phi) is 5.89. The fourth-order valence-electron chi connectivity index (χ4n) is 3.06. The van der Waals surface area contributed by atoms with Gasteiger partial charge in [0.25, 0.3) is 5.91 Å². The molecule has 1 unspecified atom stereocenters. The monoisotopic (exact) mass is 352 g/mol. The second-order valence-corrected chi connectivity index (χ2v) is 6.52. The van der Waals surface area contributed by atoms with Gasteiger partial charge in [-0.15, -0.1) is 0 Å². The minimum absolute atomic E-state index is 0.0188. The molecule has 1 saturated heterocycles. The fraction of sp³-hybridized carbons (Fsp3) is 0.333. The zero-order chi connectivity index (χ0) is 18.4. The van der Waals surface area contributed by atoms with E-state index in [9.17, 15) is 9.59 Å². The normalized spacial score (nSPS) is 15.2. The van der Waals surface area contributed by atoms with Crippen molar-refractivity contribution in [3.8, 4) is 11.5 Å². The summed E-state index contributed by atoms with van der Waals surface area (Å²) in [6.45, 7) is 3.29. The molecule has 0 bridgehead atoms. The SMILES string of the molecule is CC(NC(=O)c1cccc(Oc2ccccc2)c1)C(=O)N1CCCCC1. The number of amides is 2. The Morgan fingerprint density at radius 3 is 2.38 bits per heavy atom. The first-order chi connectivity index (χ1) is 12.6. The predicted molar refractivity (Wildman–Crippen MR) is 100 cm³/mol. The van der Waals surface area contributed by atoms with Crippen molar-refractivity contribution in [2.75, 3.05) is 13.1 Å². The second-order valence-electron chi connectivity index (χ2n) is 6.52. The largest absolute Gasteiger partial charge is 0.457 e. The van der Waals surface area contributed by atoms with Crippen molar-refractivity contribution in [2.24, 2.45) is 0 Å². The number of likely N-dealkylation sites (tertiary alicyclic amines) is 1. The molecule has 136 valence electrons. The average molecular weight is 352 g/mol. The number of rotatable bonds is 5. The minimum atomic E-state index is -0.542. The van der Waals surface area contributed by atoms with Crippen LogP contribution in [0.4, 0.5) is 0 Å². The lowest BCUT2D eigenvalue weighted by molar-refractivity contribution is -0.133. The molecular formula is C21H24N2O3. The second kappa shape index (κ2) is 8.52. The summed E-state index contributed by atoms with van der Waals surface area (Å²) in [5, 5.41) is 2.80. The Balaban J connectivity index is 1.62. The summed E-state index contributed by atoms with van der Waals surface area (Å²) in [7, 11) is 0. The van der Waals surface area contributed by atoms with Crippen LogP contribution in [0.25, 0.3) is 0 Å². The van der Waals surface area contributed by atoms with Gasteiger partial charge < -0.3 is 15.0 Å². The number of nitrogens with one attached hydrogen (secondary N) is 1. The van der Waals surface area contributed by atoms with Gasteiger partial charge in [-0.1, -0.05) is 24.3 Å². The van der Waals surface area contributed by atoms with Gasteiger partial charge in [0, 0.05) is 18.7 Å². The van der Waals surface area contributed by atoms with Crippen LogP contribution < -0.4 is 10.1 Å². The van der Waals surface area contributed by atoms with Crippen LogP contribution in [0.15, 0.2) is 54.6 Å². The first kappa shape index (κ1) is 18.0. The first-order valence-electron chi connectivity index (χ1n) is 9.06. The summed E-state index contributed by atoms with van der Waals surface area (Å²) in [6.07, 6.45) is 3.23. The van der Waals surface area contributed by atoms with E-state index in [1.165, 1.54) is 6.42 Å². The van der Waals surface area contributed by atoms with Crippen molar-refractivity contribution in [3.63, 3.8) is 0 Å². The zero-order valence-corrected chi connectivity index (χ0v) is 15.0. The van der Waals surface area contributed by atoms with Gasteiger partial charge in [-0.05, 0) is 56.5 Å². The number of hydrogen-bond acceptors (Lipinski definition) is 3. The predicted octanol–water partition coefficient (Wildman–Crippen LogP) is 3.61. The number of benzene rings is 2.